The Hall–Kier alpha value is -2.06. The number of rotatable bonds is 51. The second-order valence-corrected chi connectivity index (χ2v) is 21.7. The van der Waals surface area contributed by atoms with Crippen molar-refractivity contribution < 1.29 is 32.9 Å². The number of carbonyl (C=O) groups is 1. The third-order valence-corrected chi connectivity index (χ3v) is 13.3. The van der Waals surface area contributed by atoms with Crippen LogP contribution in [0.1, 0.15) is 245 Å². The molecule has 3 atom stereocenters. The Labute approximate surface area is 421 Å². The maximum Gasteiger partial charge on any atom is 0.268 e. The van der Waals surface area contributed by atoms with Crippen molar-refractivity contribution in [2.45, 2.75) is 257 Å². The van der Waals surface area contributed by atoms with Gasteiger partial charge >= 0.3 is 0 Å². The molecule has 68 heavy (non-hydrogen) atoms. The van der Waals surface area contributed by atoms with Gasteiger partial charge in [-0.15, -0.1) is 0 Å². The van der Waals surface area contributed by atoms with Crippen molar-refractivity contribution in [1.29, 1.82) is 0 Å². The zero-order chi connectivity index (χ0) is 49.9. The number of quaternary nitrogens is 1. The Kier molecular flexibility index (Phi) is 48.4. The Bertz CT molecular complexity index is 1330. The second-order valence-electron chi connectivity index (χ2n) is 20.3. The molecule has 0 rings (SSSR count). The van der Waals surface area contributed by atoms with Gasteiger partial charge in [-0.25, -0.2) is 0 Å². The topological polar surface area (TPSA) is 108 Å². The van der Waals surface area contributed by atoms with Gasteiger partial charge in [-0.2, -0.15) is 0 Å². The van der Waals surface area contributed by atoms with E-state index >= 15 is 0 Å². The molecule has 8 nitrogen and oxygen atoms in total. The molecule has 0 aromatic rings. The van der Waals surface area contributed by atoms with Crippen LogP contribution in [0.3, 0.4) is 0 Å². The van der Waals surface area contributed by atoms with Crippen molar-refractivity contribution in [3.8, 4) is 0 Å². The molecule has 0 fully saturated rings. The van der Waals surface area contributed by atoms with Gasteiger partial charge in [0, 0.05) is 6.42 Å². The lowest BCUT2D eigenvalue weighted by Crippen LogP contribution is -2.45. The lowest BCUT2D eigenvalue weighted by atomic mass is 10.0. The van der Waals surface area contributed by atoms with E-state index in [2.05, 4.69) is 79.9 Å². The number of allylic oxidation sites excluding steroid dienone is 11. The van der Waals surface area contributed by atoms with Gasteiger partial charge in [0.05, 0.1) is 39.9 Å². The van der Waals surface area contributed by atoms with Crippen molar-refractivity contribution in [3.05, 3.63) is 72.9 Å². The van der Waals surface area contributed by atoms with Crippen LogP contribution < -0.4 is 10.2 Å². The van der Waals surface area contributed by atoms with E-state index in [-0.39, 0.29) is 12.5 Å². The summed E-state index contributed by atoms with van der Waals surface area (Å²) in [5.41, 5.74) is 0. The predicted octanol–water partition coefficient (Wildman–Crippen LogP) is 16.5. The molecule has 0 heterocycles. The van der Waals surface area contributed by atoms with Crippen LogP contribution in [0.4, 0.5) is 0 Å². The minimum absolute atomic E-state index is 0.0148. The molecule has 1 amide bonds. The minimum atomic E-state index is -4.62. The number of phosphoric ester groups is 1. The summed E-state index contributed by atoms with van der Waals surface area (Å²) in [6.07, 6.45) is 68.3. The Morgan fingerprint density at radius 1 is 0.515 bits per heavy atom. The van der Waals surface area contributed by atoms with E-state index in [0.29, 0.717) is 17.4 Å². The van der Waals surface area contributed by atoms with Crippen molar-refractivity contribution in [3.63, 3.8) is 0 Å². The molecule has 0 aliphatic heterocycles. The number of aliphatic hydroxyl groups excluding tert-OH is 1. The number of hydrogen-bond acceptors (Lipinski definition) is 6. The monoisotopic (exact) mass is 973 g/mol. The Morgan fingerprint density at radius 3 is 1.29 bits per heavy atom. The fraction of sp³-hybridized carbons (Fsp3) is 0.780. The first kappa shape index (κ1) is 65.9. The van der Waals surface area contributed by atoms with Gasteiger partial charge in [0.15, 0.2) is 0 Å². The largest absolute Gasteiger partial charge is 0.756 e. The Morgan fingerprint density at radius 2 is 0.868 bits per heavy atom. The van der Waals surface area contributed by atoms with E-state index in [0.717, 1.165) is 70.6 Å². The molecule has 0 spiro atoms. The molecule has 9 heteroatoms. The van der Waals surface area contributed by atoms with E-state index in [9.17, 15) is 19.4 Å². The highest BCUT2D eigenvalue weighted by Crippen LogP contribution is 2.38. The number of phosphoric acid groups is 1. The number of carbonyl (C=O) groups excluding carboxylic acids is 1. The summed E-state index contributed by atoms with van der Waals surface area (Å²) in [5, 5.41) is 13.8. The molecular weight excluding hydrogens is 864 g/mol. The van der Waals surface area contributed by atoms with Crippen LogP contribution in [0.25, 0.3) is 0 Å². The summed E-state index contributed by atoms with van der Waals surface area (Å²) in [5.74, 6) is -0.224. The smallest absolute Gasteiger partial charge is 0.268 e. The van der Waals surface area contributed by atoms with Gasteiger partial charge in [-0.3, -0.25) is 9.36 Å². The van der Waals surface area contributed by atoms with Crippen molar-refractivity contribution in [1.82, 2.24) is 5.32 Å². The quantitative estimate of drug-likeness (QED) is 0.0272. The molecule has 0 saturated carbocycles. The molecule has 0 aliphatic rings. The molecular formula is C59H109N2O6P. The van der Waals surface area contributed by atoms with Crippen molar-refractivity contribution in [2.24, 2.45) is 0 Å². The molecule has 3 unspecified atom stereocenters. The third kappa shape index (κ3) is 51.8. The Balaban J connectivity index is 4.36. The zero-order valence-corrected chi connectivity index (χ0v) is 45.9. The van der Waals surface area contributed by atoms with Gasteiger partial charge in [-0.1, -0.05) is 228 Å². The molecule has 2 N–H and O–H groups in total. The summed E-state index contributed by atoms with van der Waals surface area (Å²) < 4.78 is 23.3. The number of amides is 1. The van der Waals surface area contributed by atoms with Crippen LogP contribution >= 0.6 is 7.82 Å². The lowest BCUT2D eigenvalue weighted by Gasteiger charge is -2.29. The number of nitrogens with zero attached hydrogens (tertiary/aromatic N) is 1. The maximum absolute atomic E-state index is 12.9. The summed E-state index contributed by atoms with van der Waals surface area (Å²) in [7, 11) is 1.22. The van der Waals surface area contributed by atoms with Crippen LogP contribution in [0.5, 0.6) is 0 Å². The summed E-state index contributed by atoms with van der Waals surface area (Å²) >= 11 is 0. The number of likely N-dealkylation sites (N-methyl/N-ethyl adjacent to an activating group) is 1. The number of aliphatic hydroxyl groups is 1. The standard InChI is InChI=1S/C59H109N2O6P/c1-6-8-10-12-14-16-18-20-22-24-26-28-29-30-31-33-34-36-38-40-42-44-46-48-50-52-58(62)57(56-67-68(64,65)66-55-54-61(3,4)5)60-59(63)53-51-49-47-45-43-41-39-37-35-32-27-25-23-21-19-17-15-13-11-9-7-2/h19,21,25,27,34-37,42,44,50,52,57-58,62H,6-18,20,22-24,26,28-33,38-41,43,45-49,51,53-56H2,1-5H3,(H-,60,63,64,65)/b21-19-,27-25-,36-34+,37-35-,44-42+,52-50+. The number of hydrogen-bond donors (Lipinski definition) is 2. The van der Waals surface area contributed by atoms with Gasteiger partial charge < -0.3 is 28.8 Å². The first-order chi connectivity index (χ1) is 33.0. The summed E-state index contributed by atoms with van der Waals surface area (Å²) in [4.78, 5) is 25.5. The average molecular weight is 974 g/mol. The SMILES string of the molecule is CCCCCCC/C=C\C/C=C\C/C=C\CCCCCCCCC(=O)NC(COP(=O)([O-])OCC[N+](C)(C)C)C(O)/C=C/CC/C=C/CC/C=C/CCCCCCCCCCCCCCCCC. The molecule has 0 aliphatic carbocycles. The predicted molar refractivity (Wildman–Crippen MR) is 293 cm³/mol. The van der Waals surface area contributed by atoms with Gasteiger partial charge in [0.1, 0.15) is 13.2 Å². The maximum atomic E-state index is 12.9. The molecule has 396 valence electrons. The second kappa shape index (κ2) is 49.9. The molecule has 0 saturated heterocycles. The van der Waals surface area contributed by atoms with Crippen LogP contribution in [0, 0.1) is 0 Å². The molecule has 0 aromatic carbocycles. The fourth-order valence-corrected chi connectivity index (χ4v) is 8.62. The fourth-order valence-electron chi connectivity index (χ4n) is 7.90. The van der Waals surface area contributed by atoms with E-state index in [1.165, 1.54) is 154 Å². The number of unbranched alkanes of at least 4 members (excludes halogenated alkanes) is 28. The van der Waals surface area contributed by atoms with Crippen LogP contribution in [0.2, 0.25) is 0 Å². The summed E-state index contributed by atoms with van der Waals surface area (Å²) in [6.45, 7) is 4.61. The third-order valence-electron chi connectivity index (χ3n) is 12.4. The lowest BCUT2D eigenvalue weighted by molar-refractivity contribution is -0.870. The summed E-state index contributed by atoms with van der Waals surface area (Å²) in [6, 6.07) is -0.921. The van der Waals surface area contributed by atoms with Crippen molar-refractivity contribution >= 4 is 13.7 Å². The van der Waals surface area contributed by atoms with E-state index < -0.39 is 26.6 Å². The van der Waals surface area contributed by atoms with Gasteiger partial charge in [-0.05, 0) is 83.5 Å². The highest BCUT2D eigenvalue weighted by atomic mass is 31.2. The van der Waals surface area contributed by atoms with E-state index in [4.69, 9.17) is 9.05 Å². The van der Waals surface area contributed by atoms with E-state index in [1.807, 2.05) is 27.2 Å². The van der Waals surface area contributed by atoms with Crippen LogP contribution in [-0.4, -0.2) is 68.5 Å². The molecule has 0 aromatic heterocycles. The minimum Gasteiger partial charge on any atom is -0.756 e. The first-order valence-corrected chi connectivity index (χ1v) is 29.8. The van der Waals surface area contributed by atoms with Gasteiger partial charge in [0.2, 0.25) is 5.91 Å². The molecule has 0 radical (unpaired) electrons. The van der Waals surface area contributed by atoms with Gasteiger partial charge in [0.25, 0.3) is 7.82 Å². The van der Waals surface area contributed by atoms with Crippen LogP contribution in [-0.2, 0) is 18.4 Å². The normalized spacial score (nSPS) is 14.5. The van der Waals surface area contributed by atoms with E-state index in [1.54, 1.807) is 6.08 Å². The van der Waals surface area contributed by atoms with Crippen molar-refractivity contribution in [2.75, 3.05) is 40.9 Å². The average Bonchev–Trinajstić information content (AvgIpc) is 3.30. The molecule has 0 bridgehead atoms. The van der Waals surface area contributed by atoms with Crippen LogP contribution in [0.15, 0.2) is 72.9 Å². The first-order valence-electron chi connectivity index (χ1n) is 28.3. The number of nitrogens with one attached hydrogen (secondary N) is 1. The highest BCUT2D eigenvalue weighted by Gasteiger charge is 2.23. The highest BCUT2D eigenvalue weighted by molar-refractivity contribution is 7.45. The zero-order valence-electron chi connectivity index (χ0n) is 45.0.